The normalized spacial score (nSPS) is 11.6. The Morgan fingerprint density at radius 3 is 2.74 bits per heavy atom. The topological polar surface area (TPSA) is 72.2 Å². The summed E-state index contributed by atoms with van der Waals surface area (Å²) in [6.45, 7) is 2.52. The summed E-state index contributed by atoms with van der Waals surface area (Å²) in [5.74, 6) is 0.149. The van der Waals surface area contributed by atoms with Crippen LogP contribution in [-0.2, 0) is 0 Å². The number of aliphatic hydroxyl groups excluding tert-OH is 1. The smallest absolute Gasteiger partial charge is 0.141 e. The molecule has 0 saturated heterocycles. The molecule has 1 unspecified atom stereocenters. The molecule has 0 fully saturated rings. The number of aliphatic hydroxyl groups is 1. The van der Waals surface area contributed by atoms with Crippen molar-refractivity contribution >= 4 is 11.5 Å². The summed E-state index contributed by atoms with van der Waals surface area (Å²) in [4.78, 5) is 6.22. The van der Waals surface area contributed by atoms with E-state index < -0.39 is 5.82 Å². The summed E-state index contributed by atoms with van der Waals surface area (Å²) < 4.78 is 13.7. The molecule has 120 valence electrons. The van der Waals surface area contributed by atoms with Crippen LogP contribution in [0, 0.1) is 17.1 Å². The lowest BCUT2D eigenvalue weighted by Gasteiger charge is -2.19. The predicted octanol–water partition coefficient (Wildman–Crippen LogP) is 2.69. The zero-order chi connectivity index (χ0) is 16.8. The molecule has 23 heavy (non-hydrogen) atoms. The molecule has 0 spiro atoms. The van der Waals surface area contributed by atoms with Crippen molar-refractivity contribution in [1.82, 2.24) is 4.98 Å². The number of nitrogens with one attached hydrogen (secondary N) is 1. The highest BCUT2D eigenvalue weighted by Crippen LogP contribution is 2.21. The van der Waals surface area contributed by atoms with Gasteiger partial charge in [-0.1, -0.05) is 6.07 Å². The van der Waals surface area contributed by atoms with Crippen molar-refractivity contribution < 1.29 is 9.50 Å². The Labute approximate surface area is 135 Å². The van der Waals surface area contributed by atoms with E-state index in [1.807, 2.05) is 37.1 Å². The molecule has 1 heterocycles. The van der Waals surface area contributed by atoms with E-state index in [0.717, 1.165) is 11.3 Å². The lowest BCUT2D eigenvalue weighted by Crippen LogP contribution is -2.21. The molecular weight excluding hydrogens is 295 g/mol. The van der Waals surface area contributed by atoms with Crippen LogP contribution in [0.15, 0.2) is 36.5 Å². The lowest BCUT2D eigenvalue weighted by atomic mass is 10.1. The van der Waals surface area contributed by atoms with Gasteiger partial charge in [0.15, 0.2) is 0 Å². The molecule has 0 amide bonds. The van der Waals surface area contributed by atoms with E-state index in [4.69, 9.17) is 10.4 Å². The molecule has 0 bridgehead atoms. The van der Waals surface area contributed by atoms with Gasteiger partial charge < -0.3 is 15.3 Å². The summed E-state index contributed by atoms with van der Waals surface area (Å²) in [6, 6.07) is 9.95. The first kappa shape index (κ1) is 16.7. The highest BCUT2D eigenvalue weighted by Gasteiger charge is 2.10. The molecule has 0 aliphatic heterocycles. The Hall–Kier alpha value is -2.65. The fraction of sp³-hybridized carbons (Fsp3) is 0.294. The lowest BCUT2D eigenvalue weighted by molar-refractivity contribution is 0.304. The van der Waals surface area contributed by atoms with Crippen LogP contribution in [0.2, 0.25) is 0 Å². The summed E-state index contributed by atoms with van der Waals surface area (Å²) in [7, 11) is 1.88. The Balaban J connectivity index is 2.07. The highest BCUT2D eigenvalue weighted by molar-refractivity contribution is 5.49. The molecule has 0 aliphatic carbocycles. The molecule has 6 heteroatoms. The third kappa shape index (κ3) is 4.18. The second-order valence-electron chi connectivity index (χ2n) is 5.26. The zero-order valence-corrected chi connectivity index (χ0v) is 13.1. The van der Waals surface area contributed by atoms with Crippen LogP contribution in [0.4, 0.5) is 15.9 Å². The van der Waals surface area contributed by atoms with Crippen molar-refractivity contribution in [1.29, 1.82) is 5.26 Å². The SMILES string of the molecule is CC(Nc1ccc(N(C)CCO)cn1)c1ccc(C#N)c(F)c1. The largest absolute Gasteiger partial charge is 0.395 e. The number of pyridine rings is 1. The first-order valence-corrected chi connectivity index (χ1v) is 7.29. The van der Waals surface area contributed by atoms with Crippen LogP contribution in [0.5, 0.6) is 0 Å². The van der Waals surface area contributed by atoms with Gasteiger partial charge in [0.1, 0.15) is 17.7 Å². The quantitative estimate of drug-likeness (QED) is 0.857. The number of likely N-dealkylation sites (N-methyl/N-ethyl adjacent to an activating group) is 1. The van der Waals surface area contributed by atoms with Gasteiger partial charge >= 0.3 is 0 Å². The van der Waals surface area contributed by atoms with E-state index in [0.29, 0.717) is 12.4 Å². The van der Waals surface area contributed by atoms with Crippen molar-refractivity contribution in [2.75, 3.05) is 30.4 Å². The fourth-order valence-corrected chi connectivity index (χ4v) is 2.17. The monoisotopic (exact) mass is 314 g/mol. The Morgan fingerprint density at radius 2 is 2.17 bits per heavy atom. The van der Waals surface area contributed by atoms with Gasteiger partial charge in [-0.2, -0.15) is 5.26 Å². The molecule has 1 aromatic carbocycles. The highest BCUT2D eigenvalue weighted by atomic mass is 19.1. The van der Waals surface area contributed by atoms with Crippen molar-refractivity contribution in [3.63, 3.8) is 0 Å². The van der Waals surface area contributed by atoms with Crippen LogP contribution >= 0.6 is 0 Å². The summed E-state index contributed by atoms with van der Waals surface area (Å²) in [6.07, 6.45) is 1.71. The van der Waals surface area contributed by atoms with Crippen LogP contribution in [-0.4, -0.2) is 30.3 Å². The first-order chi connectivity index (χ1) is 11.0. The van der Waals surface area contributed by atoms with Crippen molar-refractivity contribution in [3.8, 4) is 6.07 Å². The molecule has 0 aliphatic rings. The molecule has 1 aromatic heterocycles. The van der Waals surface area contributed by atoms with Gasteiger partial charge in [0.2, 0.25) is 0 Å². The van der Waals surface area contributed by atoms with E-state index in [1.165, 1.54) is 12.1 Å². The second kappa shape index (κ2) is 7.56. The minimum absolute atomic E-state index is 0.0374. The van der Waals surface area contributed by atoms with E-state index in [9.17, 15) is 4.39 Å². The van der Waals surface area contributed by atoms with Gasteiger partial charge in [0.05, 0.1) is 30.1 Å². The molecular formula is C17H19FN4O. The number of nitriles is 1. The predicted molar refractivity (Wildman–Crippen MR) is 87.7 cm³/mol. The van der Waals surface area contributed by atoms with Crippen LogP contribution in [0.25, 0.3) is 0 Å². The maximum absolute atomic E-state index is 13.7. The maximum Gasteiger partial charge on any atom is 0.141 e. The molecule has 1 atom stereocenters. The van der Waals surface area contributed by atoms with E-state index in [2.05, 4.69) is 10.3 Å². The third-order valence-corrected chi connectivity index (χ3v) is 3.60. The number of benzene rings is 1. The molecule has 0 radical (unpaired) electrons. The van der Waals surface area contributed by atoms with Crippen LogP contribution < -0.4 is 10.2 Å². The van der Waals surface area contributed by atoms with Gasteiger partial charge in [0, 0.05) is 13.6 Å². The standard InChI is InChI=1S/C17H19FN4O/c1-12(13-3-4-14(10-19)16(18)9-13)21-17-6-5-15(11-20-17)22(2)7-8-23/h3-6,9,11-12,23H,7-8H2,1-2H3,(H,20,21). The minimum atomic E-state index is -0.521. The Kier molecular flexibility index (Phi) is 5.50. The average Bonchev–Trinajstić information content (AvgIpc) is 2.55. The van der Waals surface area contributed by atoms with Crippen LogP contribution in [0.3, 0.4) is 0 Å². The van der Waals surface area contributed by atoms with E-state index in [-0.39, 0.29) is 18.2 Å². The first-order valence-electron chi connectivity index (χ1n) is 7.29. The number of hydrogen-bond donors (Lipinski definition) is 2. The number of aromatic nitrogens is 1. The second-order valence-corrected chi connectivity index (χ2v) is 5.26. The minimum Gasteiger partial charge on any atom is -0.395 e. The van der Waals surface area contributed by atoms with Gasteiger partial charge in [-0.25, -0.2) is 9.37 Å². The summed E-state index contributed by atoms with van der Waals surface area (Å²) in [5, 5.41) is 20.9. The Bertz CT molecular complexity index is 697. The number of anilines is 2. The average molecular weight is 314 g/mol. The van der Waals surface area contributed by atoms with Gasteiger partial charge in [-0.3, -0.25) is 0 Å². The molecule has 2 rings (SSSR count). The van der Waals surface area contributed by atoms with Crippen molar-refractivity contribution in [3.05, 3.63) is 53.5 Å². The summed E-state index contributed by atoms with van der Waals surface area (Å²) >= 11 is 0. The fourth-order valence-electron chi connectivity index (χ4n) is 2.17. The zero-order valence-electron chi connectivity index (χ0n) is 13.1. The van der Waals surface area contributed by atoms with Gasteiger partial charge in [-0.05, 0) is 36.8 Å². The Morgan fingerprint density at radius 1 is 1.39 bits per heavy atom. The number of halogens is 1. The summed E-state index contributed by atoms with van der Waals surface area (Å²) in [5.41, 5.74) is 1.68. The van der Waals surface area contributed by atoms with E-state index in [1.54, 1.807) is 12.3 Å². The van der Waals surface area contributed by atoms with Crippen LogP contribution in [0.1, 0.15) is 24.1 Å². The van der Waals surface area contributed by atoms with E-state index >= 15 is 0 Å². The third-order valence-electron chi connectivity index (χ3n) is 3.60. The molecule has 5 nitrogen and oxygen atoms in total. The molecule has 2 aromatic rings. The van der Waals surface area contributed by atoms with Crippen molar-refractivity contribution in [2.24, 2.45) is 0 Å². The molecule has 2 N–H and O–H groups in total. The number of rotatable bonds is 6. The number of hydrogen-bond acceptors (Lipinski definition) is 5. The number of nitrogens with zero attached hydrogens (tertiary/aromatic N) is 3. The molecule has 0 saturated carbocycles. The van der Waals surface area contributed by atoms with Gasteiger partial charge in [0.25, 0.3) is 0 Å². The maximum atomic E-state index is 13.7. The van der Waals surface area contributed by atoms with Crippen molar-refractivity contribution in [2.45, 2.75) is 13.0 Å². The van der Waals surface area contributed by atoms with Gasteiger partial charge in [-0.15, -0.1) is 0 Å².